The van der Waals surface area contributed by atoms with Crippen molar-refractivity contribution in [2.24, 2.45) is 0 Å². The number of para-hydroxylation sites is 1. The van der Waals surface area contributed by atoms with Crippen LogP contribution in [0, 0.1) is 0 Å². The zero-order valence-electron chi connectivity index (χ0n) is 22.0. The fourth-order valence-corrected chi connectivity index (χ4v) is 5.28. The third-order valence-corrected chi connectivity index (χ3v) is 7.19. The van der Waals surface area contributed by atoms with Gasteiger partial charge in [-0.25, -0.2) is 0 Å². The first-order chi connectivity index (χ1) is 19.2. The molecule has 4 aromatic rings. The lowest BCUT2D eigenvalue weighted by Gasteiger charge is -2.32. The molecule has 0 fully saturated rings. The number of pyridine rings is 2. The summed E-state index contributed by atoms with van der Waals surface area (Å²) in [6.45, 7) is -0.246. The second-order valence-electron chi connectivity index (χ2n) is 9.94. The van der Waals surface area contributed by atoms with Gasteiger partial charge in [0.05, 0.1) is 17.4 Å². The molecule has 5 rings (SSSR count). The van der Waals surface area contributed by atoms with E-state index in [1.54, 1.807) is 18.3 Å². The molecular weight excluding hydrogens is 494 g/mol. The van der Waals surface area contributed by atoms with Crippen molar-refractivity contribution in [2.75, 3.05) is 0 Å². The average molecular weight is 529 g/mol. The summed E-state index contributed by atoms with van der Waals surface area (Å²) in [6.07, 6.45) is 7.85. The van der Waals surface area contributed by atoms with Gasteiger partial charge in [0.15, 0.2) is 0 Å². The number of aromatic nitrogens is 2. The van der Waals surface area contributed by atoms with Gasteiger partial charge in [0, 0.05) is 44.1 Å². The van der Waals surface area contributed by atoms with Crippen LogP contribution in [-0.4, -0.2) is 21.5 Å². The van der Waals surface area contributed by atoms with Gasteiger partial charge in [-0.2, -0.15) is 8.78 Å². The maximum atomic E-state index is 13.2. The Hall–Kier alpha value is -3.68. The minimum atomic E-state index is -2.86. The Morgan fingerprint density at radius 3 is 2.44 bits per heavy atom. The topological polar surface area (TPSA) is 50.3 Å². The molecular formula is C32H34F2N4O. The van der Waals surface area contributed by atoms with Crippen LogP contribution >= 0.6 is 0 Å². The fraction of sp³-hybridized carbons (Fsp3) is 0.312. The third kappa shape index (κ3) is 7.46. The number of nitrogens with zero attached hydrogens (tertiary/aromatic N) is 3. The van der Waals surface area contributed by atoms with Crippen molar-refractivity contribution in [2.45, 2.75) is 64.5 Å². The SMILES string of the molecule is FC(F)Oc1ccccc1CN(Cc1ccc(CNCc2ccccn2)cc1)C1CCCCc2cccnc21. The number of nitrogens with one attached hydrogen (secondary N) is 1. The van der Waals surface area contributed by atoms with E-state index in [2.05, 4.69) is 45.5 Å². The summed E-state index contributed by atoms with van der Waals surface area (Å²) in [4.78, 5) is 11.5. The zero-order chi connectivity index (χ0) is 26.9. The van der Waals surface area contributed by atoms with Crippen molar-refractivity contribution >= 4 is 0 Å². The Labute approximate surface area is 228 Å². The fourth-order valence-electron chi connectivity index (χ4n) is 5.28. The minimum absolute atomic E-state index is 0.0861. The Morgan fingerprint density at radius 2 is 1.62 bits per heavy atom. The van der Waals surface area contributed by atoms with Crippen molar-refractivity contribution in [3.63, 3.8) is 0 Å². The number of ether oxygens (including phenoxy) is 1. The second kappa shape index (κ2) is 13.4. The van der Waals surface area contributed by atoms with Gasteiger partial charge in [-0.1, -0.05) is 61.0 Å². The molecule has 2 aromatic carbocycles. The van der Waals surface area contributed by atoms with Crippen LogP contribution < -0.4 is 10.1 Å². The lowest BCUT2D eigenvalue weighted by atomic mass is 10.0. The lowest BCUT2D eigenvalue weighted by molar-refractivity contribution is -0.0509. The van der Waals surface area contributed by atoms with Crippen molar-refractivity contribution < 1.29 is 13.5 Å². The predicted molar refractivity (Wildman–Crippen MR) is 148 cm³/mol. The van der Waals surface area contributed by atoms with Crippen LogP contribution in [0.3, 0.4) is 0 Å². The second-order valence-corrected chi connectivity index (χ2v) is 9.94. The molecule has 0 radical (unpaired) electrons. The molecule has 0 spiro atoms. The van der Waals surface area contributed by atoms with E-state index in [4.69, 9.17) is 9.72 Å². The molecule has 1 atom stereocenters. The summed E-state index contributed by atoms with van der Waals surface area (Å²) < 4.78 is 31.2. The first kappa shape index (κ1) is 26.9. The van der Waals surface area contributed by atoms with Crippen LogP contribution in [0.4, 0.5) is 8.78 Å². The maximum absolute atomic E-state index is 13.2. The van der Waals surface area contributed by atoms with E-state index >= 15 is 0 Å². The molecule has 0 amide bonds. The Bertz CT molecular complexity index is 1320. The molecule has 1 aliphatic carbocycles. The minimum Gasteiger partial charge on any atom is -0.434 e. The van der Waals surface area contributed by atoms with Crippen molar-refractivity contribution in [3.8, 4) is 5.75 Å². The third-order valence-electron chi connectivity index (χ3n) is 7.19. The first-order valence-corrected chi connectivity index (χ1v) is 13.5. The number of alkyl halides is 2. The van der Waals surface area contributed by atoms with E-state index in [1.165, 1.54) is 11.1 Å². The van der Waals surface area contributed by atoms with Crippen molar-refractivity contribution in [1.82, 2.24) is 20.2 Å². The standard InChI is InChI=1S/C32H34F2N4O/c33-32(34)39-30-13-4-2-9-27(30)23-38(29-12-3-1-8-26-10-7-19-37-31(26)29)22-25-16-14-24(15-17-25)20-35-21-28-11-5-6-18-36-28/h2,4-7,9-11,13-19,29,32,35H,1,3,8,12,20-23H2. The normalized spacial score (nSPS) is 15.2. The molecule has 1 unspecified atom stereocenters. The van der Waals surface area contributed by atoms with Gasteiger partial charge < -0.3 is 10.1 Å². The lowest BCUT2D eigenvalue weighted by Crippen LogP contribution is -2.29. The molecule has 202 valence electrons. The van der Waals surface area contributed by atoms with Gasteiger partial charge in [0.25, 0.3) is 0 Å². The molecule has 7 heteroatoms. The molecule has 2 heterocycles. The van der Waals surface area contributed by atoms with Crippen LogP contribution in [0.25, 0.3) is 0 Å². The van der Waals surface area contributed by atoms with E-state index in [0.29, 0.717) is 19.6 Å². The zero-order valence-corrected chi connectivity index (χ0v) is 22.0. The average Bonchev–Trinajstić information content (AvgIpc) is 3.18. The largest absolute Gasteiger partial charge is 0.434 e. The molecule has 1 aliphatic rings. The summed E-state index contributed by atoms with van der Waals surface area (Å²) in [5.74, 6) is 0.224. The Balaban J connectivity index is 1.35. The van der Waals surface area contributed by atoms with E-state index in [1.807, 2.05) is 42.6 Å². The highest BCUT2D eigenvalue weighted by Gasteiger charge is 2.27. The first-order valence-electron chi connectivity index (χ1n) is 13.5. The molecule has 2 aromatic heterocycles. The maximum Gasteiger partial charge on any atom is 0.387 e. The van der Waals surface area contributed by atoms with Crippen LogP contribution in [-0.2, 0) is 32.6 Å². The number of aryl methyl sites for hydroxylation is 1. The Kier molecular flexibility index (Phi) is 9.25. The molecule has 1 N–H and O–H groups in total. The summed E-state index contributed by atoms with van der Waals surface area (Å²) >= 11 is 0. The van der Waals surface area contributed by atoms with Crippen LogP contribution in [0.2, 0.25) is 0 Å². The number of benzene rings is 2. The smallest absolute Gasteiger partial charge is 0.387 e. The number of fused-ring (bicyclic) bond motifs is 1. The quantitative estimate of drug-likeness (QED) is 0.216. The van der Waals surface area contributed by atoms with Gasteiger partial charge in [-0.3, -0.25) is 14.9 Å². The van der Waals surface area contributed by atoms with E-state index in [0.717, 1.165) is 54.7 Å². The molecule has 39 heavy (non-hydrogen) atoms. The molecule has 0 saturated carbocycles. The van der Waals surface area contributed by atoms with Crippen LogP contribution in [0.15, 0.2) is 91.3 Å². The highest BCUT2D eigenvalue weighted by Crippen LogP contribution is 2.35. The highest BCUT2D eigenvalue weighted by molar-refractivity contribution is 5.34. The van der Waals surface area contributed by atoms with Crippen molar-refractivity contribution in [1.29, 1.82) is 0 Å². The Morgan fingerprint density at radius 1 is 0.821 bits per heavy atom. The van der Waals surface area contributed by atoms with Gasteiger partial charge in [-0.05, 0) is 60.2 Å². The highest BCUT2D eigenvalue weighted by atomic mass is 19.3. The number of halogens is 2. The molecule has 5 nitrogen and oxygen atoms in total. The summed E-state index contributed by atoms with van der Waals surface area (Å²) in [6, 6.07) is 25.9. The van der Waals surface area contributed by atoms with Gasteiger partial charge >= 0.3 is 6.61 Å². The van der Waals surface area contributed by atoms with Crippen molar-refractivity contribution in [3.05, 3.63) is 125 Å². The predicted octanol–water partition coefficient (Wildman–Crippen LogP) is 6.84. The number of hydrogen-bond acceptors (Lipinski definition) is 5. The van der Waals surface area contributed by atoms with Crippen LogP contribution in [0.5, 0.6) is 5.75 Å². The number of rotatable bonds is 11. The molecule has 0 saturated heterocycles. The van der Waals surface area contributed by atoms with Gasteiger partial charge in [0.1, 0.15) is 5.75 Å². The van der Waals surface area contributed by atoms with E-state index < -0.39 is 6.61 Å². The summed E-state index contributed by atoms with van der Waals surface area (Å²) in [5, 5.41) is 3.45. The summed E-state index contributed by atoms with van der Waals surface area (Å²) in [5.41, 5.74) is 6.48. The molecule has 0 bridgehead atoms. The van der Waals surface area contributed by atoms with Gasteiger partial charge in [0.2, 0.25) is 0 Å². The van der Waals surface area contributed by atoms with Gasteiger partial charge in [-0.15, -0.1) is 0 Å². The van der Waals surface area contributed by atoms with E-state index in [9.17, 15) is 8.78 Å². The molecule has 0 aliphatic heterocycles. The summed E-state index contributed by atoms with van der Waals surface area (Å²) in [7, 11) is 0. The number of hydrogen-bond donors (Lipinski definition) is 1. The van der Waals surface area contributed by atoms with E-state index in [-0.39, 0.29) is 11.8 Å². The van der Waals surface area contributed by atoms with Crippen LogP contribution in [0.1, 0.15) is 58.9 Å². The monoisotopic (exact) mass is 528 g/mol.